The van der Waals surface area contributed by atoms with Crippen molar-refractivity contribution in [3.63, 3.8) is 0 Å². The molecule has 0 aliphatic rings. The van der Waals surface area contributed by atoms with Gasteiger partial charge in [0.05, 0.1) is 19.5 Å². The minimum Gasteiger partial charge on any atom is -0.467 e. The summed E-state index contributed by atoms with van der Waals surface area (Å²) in [5.74, 6) is 0.589. The Kier molecular flexibility index (Phi) is 6.88. The Labute approximate surface area is 102 Å². The summed E-state index contributed by atoms with van der Waals surface area (Å²) in [7, 11) is 4.03. The quantitative estimate of drug-likeness (QED) is 0.617. The summed E-state index contributed by atoms with van der Waals surface area (Å²) in [6.07, 6.45) is 0.967. The molecule has 0 saturated carbocycles. The summed E-state index contributed by atoms with van der Waals surface area (Å²) in [6.45, 7) is 3.51. The number of rotatable bonds is 9. The van der Waals surface area contributed by atoms with Crippen molar-refractivity contribution in [1.82, 2.24) is 10.2 Å². The van der Waals surface area contributed by atoms with Crippen LogP contribution in [0.25, 0.3) is 0 Å². The number of aliphatic hydroxyl groups is 1. The van der Waals surface area contributed by atoms with Gasteiger partial charge in [0.2, 0.25) is 0 Å². The third-order valence-corrected chi connectivity index (χ3v) is 2.32. The van der Waals surface area contributed by atoms with E-state index in [0.717, 1.165) is 19.7 Å². The Balaban J connectivity index is 1.94. The highest BCUT2D eigenvalue weighted by atomic mass is 16.5. The van der Waals surface area contributed by atoms with E-state index in [9.17, 15) is 5.11 Å². The topological polar surface area (TPSA) is 57.9 Å². The fraction of sp³-hybridized carbons (Fsp3) is 0.667. The van der Waals surface area contributed by atoms with Gasteiger partial charge in [0.25, 0.3) is 0 Å². The van der Waals surface area contributed by atoms with Gasteiger partial charge in [-0.3, -0.25) is 0 Å². The molecule has 1 rings (SSSR count). The van der Waals surface area contributed by atoms with Gasteiger partial charge in [-0.05, 0) is 26.2 Å². The highest BCUT2D eigenvalue weighted by molar-refractivity contribution is 5.01. The van der Waals surface area contributed by atoms with E-state index in [1.54, 1.807) is 18.4 Å². The van der Waals surface area contributed by atoms with Crippen LogP contribution in [0.1, 0.15) is 11.9 Å². The normalized spacial score (nSPS) is 13.2. The Morgan fingerprint density at radius 3 is 2.94 bits per heavy atom. The maximum absolute atomic E-state index is 9.68. The highest BCUT2D eigenvalue weighted by Gasteiger charge is 2.08. The molecule has 0 saturated heterocycles. The van der Waals surface area contributed by atoms with Crippen LogP contribution < -0.4 is 5.32 Å². The van der Waals surface area contributed by atoms with Gasteiger partial charge >= 0.3 is 0 Å². The predicted molar refractivity (Wildman–Crippen MR) is 65.9 cm³/mol. The van der Waals surface area contributed by atoms with Crippen LogP contribution in [0.4, 0.5) is 0 Å². The van der Waals surface area contributed by atoms with Gasteiger partial charge in [0, 0.05) is 19.6 Å². The third-order valence-electron chi connectivity index (χ3n) is 2.32. The summed E-state index contributed by atoms with van der Waals surface area (Å²) in [5.41, 5.74) is 0. The van der Waals surface area contributed by atoms with Crippen LogP contribution in [-0.4, -0.2) is 56.9 Å². The second-order valence-electron chi connectivity index (χ2n) is 4.15. The average molecular weight is 242 g/mol. The molecule has 0 bridgehead atoms. The molecular formula is C12H22N2O3. The van der Waals surface area contributed by atoms with E-state index in [2.05, 4.69) is 10.2 Å². The molecular weight excluding hydrogens is 220 g/mol. The number of furan rings is 1. The molecule has 5 heteroatoms. The molecule has 0 aromatic carbocycles. The van der Waals surface area contributed by atoms with E-state index >= 15 is 0 Å². The Hall–Kier alpha value is -0.880. The first-order valence-electron chi connectivity index (χ1n) is 5.85. The molecule has 0 amide bonds. The van der Waals surface area contributed by atoms with Crippen molar-refractivity contribution in [3.05, 3.63) is 24.2 Å². The smallest absolute Gasteiger partial charge is 0.133 e. The van der Waals surface area contributed by atoms with Crippen LogP contribution in [0.3, 0.4) is 0 Å². The van der Waals surface area contributed by atoms with Crippen molar-refractivity contribution in [2.45, 2.75) is 6.10 Å². The van der Waals surface area contributed by atoms with E-state index < -0.39 is 6.10 Å². The lowest BCUT2D eigenvalue weighted by atomic mass is 10.3. The summed E-state index contributed by atoms with van der Waals surface area (Å²) in [4.78, 5) is 2.08. The van der Waals surface area contributed by atoms with Crippen LogP contribution in [0.5, 0.6) is 0 Å². The number of likely N-dealkylation sites (N-methyl/N-ethyl adjacent to an activating group) is 1. The van der Waals surface area contributed by atoms with E-state index in [-0.39, 0.29) is 0 Å². The van der Waals surface area contributed by atoms with Crippen molar-refractivity contribution in [3.8, 4) is 0 Å². The average Bonchev–Trinajstić information content (AvgIpc) is 2.80. The van der Waals surface area contributed by atoms with Crippen molar-refractivity contribution in [1.29, 1.82) is 0 Å². The minimum absolute atomic E-state index is 0.477. The molecule has 17 heavy (non-hydrogen) atoms. The maximum atomic E-state index is 9.68. The molecule has 1 aromatic rings. The molecule has 0 fully saturated rings. The fourth-order valence-electron chi connectivity index (χ4n) is 1.31. The van der Waals surface area contributed by atoms with E-state index in [1.807, 2.05) is 14.1 Å². The van der Waals surface area contributed by atoms with Gasteiger partial charge in [-0.1, -0.05) is 0 Å². The number of hydrogen-bond donors (Lipinski definition) is 2. The fourth-order valence-corrected chi connectivity index (χ4v) is 1.31. The highest BCUT2D eigenvalue weighted by Crippen LogP contribution is 2.11. The van der Waals surface area contributed by atoms with Crippen molar-refractivity contribution in [2.24, 2.45) is 0 Å². The van der Waals surface area contributed by atoms with E-state index in [4.69, 9.17) is 9.15 Å². The SMILES string of the molecule is CN(C)CCOCCNCC(O)c1ccco1. The molecule has 5 nitrogen and oxygen atoms in total. The summed E-state index contributed by atoms with van der Waals surface area (Å²) >= 11 is 0. The van der Waals surface area contributed by atoms with Gasteiger partial charge in [-0.15, -0.1) is 0 Å². The molecule has 0 aliphatic heterocycles. The van der Waals surface area contributed by atoms with Gasteiger partial charge in [0.1, 0.15) is 11.9 Å². The molecule has 0 aliphatic carbocycles. The lowest BCUT2D eigenvalue weighted by Gasteiger charge is -2.11. The van der Waals surface area contributed by atoms with Crippen LogP contribution in [-0.2, 0) is 4.74 Å². The molecule has 0 spiro atoms. The number of ether oxygens (including phenoxy) is 1. The summed E-state index contributed by atoms with van der Waals surface area (Å²) < 4.78 is 10.5. The molecule has 0 radical (unpaired) electrons. The van der Waals surface area contributed by atoms with Gasteiger partial charge in [0.15, 0.2) is 0 Å². The first-order valence-corrected chi connectivity index (χ1v) is 5.85. The zero-order chi connectivity index (χ0) is 12.5. The van der Waals surface area contributed by atoms with E-state index in [0.29, 0.717) is 18.9 Å². The zero-order valence-corrected chi connectivity index (χ0v) is 10.6. The van der Waals surface area contributed by atoms with Gasteiger partial charge in [-0.25, -0.2) is 0 Å². The van der Waals surface area contributed by atoms with Crippen molar-refractivity contribution < 1.29 is 14.3 Å². The standard InChI is InChI=1S/C12H22N2O3/c1-14(2)6-9-16-8-5-13-10-11(15)12-4-3-7-17-12/h3-4,7,11,13,15H,5-6,8-10H2,1-2H3. The summed E-state index contributed by atoms with van der Waals surface area (Å²) in [6, 6.07) is 3.53. The first kappa shape index (κ1) is 14.2. The molecule has 1 atom stereocenters. The van der Waals surface area contributed by atoms with Crippen LogP contribution in [0.2, 0.25) is 0 Å². The molecule has 98 valence electrons. The number of nitrogens with one attached hydrogen (secondary N) is 1. The monoisotopic (exact) mass is 242 g/mol. The molecule has 2 N–H and O–H groups in total. The second kappa shape index (κ2) is 8.25. The number of aliphatic hydroxyl groups excluding tert-OH is 1. The van der Waals surface area contributed by atoms with Crippen LogP contribution in [0, 0.1) is 0 Å². The second-order valence-corrected chi connectivity index (χ2v) is 4.15. The lowest BCUT2D eigenvalue weighted by molar-refractivity contribution is 0.110. The van der Waals surface area contributed by atoms with Gasteiger partial charge < -0.3 is 24.5 Å². The minimum atomic E-state index is -0.591. The summed E-state index contributed by atoms with van der Waals surface area (Å²) in [5, 5.41) is 12.8. The molecule has 1 heterocycles. The molecule has 1 unspecified atom stereocenters. The zero-order valence-electron chi connectivity index (χ0n) is 10.6. The van der Waals surface area contributed by atoms with Gasteiger partial charge in [-0.2, -0.15) is 0 Å². The van der Waals surface area contributed by atoms with Crippen LogP contribution in [0.15, 0.2) is 22.8 Å². The molecule has 1 aromatic heterocycles. The third kappa shape index (κ3) is 6.43. The largest absolute Gasteiger partial charge is 0.467 e. The Morgan fingerprint density at radius 1 is 1.47 bits per heavy atom. The Morgan fingerprint density at radius 2 is 2.29 bits per heavy atom. The van der Waals surface area contributed by atoms with E-state index in [1.165, 1.54) is 0 Å². The Bertz CT molecular complexity index is 275. The number of hydrogen-bond acceptors (Lipinski definition) is 5. The van der Waals surface area contributed by atoms with Crippen molar-refractivity contribution >= 4 is 0 Å². The van der Waals surface area contributed by atoms with Crippen molar-refractivity contribution in [2.75, 3.05) is 46.9 Å². The predicted octanol–water partition coefficient (Wildman–Crippen LogP) is 0.481. The number of nitrogens with zero attached hydrogens (tertiary/aromatic N) is 1. The first-order chi connectivity index (χ1) is 8.20. The van der Waals surface area contributed by atoms with Crippen LogP contribution >= 0.6 is 0 Å². The lowest BCUT2D eigenvalue weighted by Crippen LogP contribution is -2.26. The maximum Gasteiger partial charge on any atom is 0.133 e.